The number of aromatic nitrogens is 1. The van der Waals surface area contributed by atoms with Gasteiger partial charge < -0.3 is 14.8 Å². The molecule has 2 amide bonds. The van der Waals surface area contributed by atoms with Crippen LogP contribution in [0.3, 0.4) is 0 Å². The molecule has 0 atom stereocenters. The maximum absolute atomic E-state index is 12.5. The van der Waals surface area contributed by atoms with Gasteiger partial charge in [-0.15, -0.1) is 11.8 Å². The lowest BCUT2D eigenvalue weighted by molar-refractivity contribution is -0.133. The molecular weight excluding hydrogens is 382 g/mol. The first kappa shape index (κ1) is 19.3. The number of carbonyl (C=O) groups excluding carboxylic acids is 2. The van der Waals surface area contributed by atoms with Crippen molar-refractivity contribution in [2.75, 3.05) is 25.2 Å². The van der Waals surface area contributed by atoms with Gasteiger partial charge in [0.1, 0.15) is 6.54 Å². The van der Waals surface area contributed by atoms with Crippen LogP contribution in [-0.2, 0) is 16.1 Å². The normalized spacial score (nSPS) is 10.8. The number of carbonyl (C=O) groups is 2. The van der Waals surface area contributed by atoms with Crippen molar-refractivity contribution in [1.82, 2.24) is 9.47 Å². The number of benzene rings is 2. The molecule has 3 rings (SSSR count). The largest absolute Gasteiger partial charge is 0.338 e. The van der Waals surface area contributed by atoms with E-state index in [1.54, 1.807) is 18.8 Å². The molecule has 0 saturated carbocycles. The number of halogens is 1. The minimum atomic E-state index is -0.229. The van der Waals surface area contributed by atoms with Gasteiger partial charge >= 0.3 is 0 Å². The molecule has 0 spiro atoms. The van der Waals surface area contributed by atoms with E-state index in [1.165, 1.54) is 4.90 Å². The Kier molecular flexibility index (Phi) is 6.08. The Balaban J connectivity index is 1.63. The van der Waals surface area contributed by atoms with Gasteiger partial charge in [-0.2, -0.15) is 0 Å². The molecule has 0 aliphatic carbocycles. The van der Waals surface area contributed by atoms with E-state index in [-0.39, 0.29) is 24.9 Å². The second-order valence-corrected chi connectivity index (χ2v) is 7.43. The molecule has 0 bridgehead atoms. The number of rotatable bonds is 6. The highest BCUT2D eigenvalue weighted by Crippen LogP contribution is 2.24. The number of hydrogen-bond acceptors (Lipinski definition) is 3. The highest BCUT2D eigenvalue weighted by molar-refractivity contribution is 7.98. The molecular formula is C20H20ClN3O2S. The first-order valence-corrected chi connectivity index (χ1v) is 9.99. The van der Waals surface area contributed by atoms with E-state index in [2.05, 4.69) is 5.32 Å². The van der Waals surface area contributed by atoms with Crippen LogP contribution < -0.4 is 5.32 Å². The molecule has 1 aromatic heterocycles. The second kappa shape index (κ2) is 8.50. The number of fused-ring (bicyclic) bond motifs is 1. The zero-order chi connectivity index (χ0) is 19.4. The average molecular weight is 402 g/mol. The summed E-state index contributed by atoms with van der Waals surface area (Å²) in [6, 6.07) is 15.1. The third kappa shape index (κ3) is 4.64. The van der Waals surface area contributed by atoms with Crippen molar-refractivity contribution in [2.24, 2.45) is 0 Å². The van der Waals surface area contributed by atoms with E-state index in [0.717, 1.165) is 21.5 Å². The van der Waals surface area contributed by atoms with Crippen LogP contribution in [0.1, 0.15) is 0 Å². The van der Waals surface area contributed by atoms with Crippen LogP contribution in [0.5, 0.6) is 0 Å². The number of thioether (sulfide) groups is 1. The minimum absolute atomic E-state index is 0.0124. The first-order valence-electron chi connectivity index (χ1n) is 8.39. The Morgan fingerprint density at radius 3 is 2.74 bits per heavy atom. The monoisotopic (exact) mass is 401 g/mol. The molecule has 0 aliphatic rings. The Hall–Kier alpha value is -2.44. The molecule has 1 heterocycles. The van der Waals surface area contributed by atoms with Crippen LogP contribution in [0.4, 0.5) is 5.69 Å². The van der Waals surface area contributed by atoms with E-state index in [9.17, 15) is 9.59 Å². The molecule has 1 N–H and O–H groups in total. The summed E-state index contributed by atoms with van der Waals surface area (Å²) in [7, 11) is 1.63. The van der Waals surface area contributed by atoms with Crippen LogP contribution in [0.2, 0.25) is 5.02 Å². The van der Waals surface area contributed by atoms with Crippen molar-refractivity contribution < 1.29 is 9.59 Å². The molecule has 0 fully saturated rings. The Labute approximate surface area is 167 Å². The number of hydrogen-bond donors (Lipinski definition) is 1. The number of amides is 2. The van der Waals surface area contributed by atoms with Gasteiger partial charge in [0.15, 0.2) is 0 Å². The summed E-state index contributed by atoms with van der Waals surface area (Å²) < 4.78 is 1.83. The van der Waals surface area contributed by atoms with Gasteiger partial charge in [0.2, 0.25) is 11.8 Å². The smallest absolute Gasteiger partial charge is 0.244 e. The van der Waals surface area contributed by atoms with Crippen molar-refractivity contribution in [3.8, 4) is 0 Å². The summed E-state index contributed by atoms with van der Waals surface area (Å²) in [6.07, 6.45) is 3.80. The number of anilines is 1. The quantitative estimate of drug-likeness (QED) is 0.632. The van der Waals surface area contributed by atoms with Crippen LogP contribution >= 0.6 is 23.4 Å². The lowest BCUT2D eigenvalue weighted by Crippen LogP contribution is -2.36. The fourth-order valence-corrected chi connectivity index (χ4v) is 3.52. The minimum Gasteiger partial charge on any atom is -0.338 e. The van der Waals surface area contributed by atoms with Gasteiger partial charge in [-0.3, -0.25) is 9.59 Å². The topological polar surface area (TPSA) is 54.3 Å². The van der Waals surface area contributed by atoms with Gasteiger partial charge in [0, 0.05) is 28.7 Å². The molecule has 7 heteroatoms. The standard InChI is InChI=1S/C20H20ClN3O2S/c1-23(12-19(25)22-16-5-3-4-6-18(16)27-2)20(26)13-24-10-9-14-7-8-15(21)11-17(14)24/h3-11H,12-13H2,1-2H3,(H,22,25). The zero-order valence-corrected chi connectivity index (χ0v) is 16.7. The maximum Gasteiger partial charge on any atom is 0.244 e. The molecule has 0 aliphatic heterocycles. The summed E-state index contributed by atoms with van der Waals surface area (Å²) in [5.41, 5.74) is 1.64. The molecule has 2 aromatic carbocycles. The average Bonchev–Trinajstić information content (AvgIpc) is 3.04. The number of nitrogens with one attached hydrogen (secondary N) is 1. The summed E-state index contributed by atoms with van der Waals surface area (Å²) in [5, 5.41) is 4.50. The van der Waals surface area contributed by atoms with E-state index in [1.807, 2.05) is 65.6 Å². The van der Waals surface area contributed by atoms with E-state index in [4.69, 9.17) is 11.6 Å². The number of likely N-dealkylation sites (N-methyl/N-ethyl adjacent to an activating group) is 1. The molecule has 27 heavy (non-hydrogen) atoms. The Bertz CT molecular complexity index is 986. The molecule has 0 saturated heterocycles. The maximum atomic E-state index is 12.5. The Morgan fingerprint density at radius 1 is 1.19 bits per heavy atom. The van der Waals surface area contributed by atoms with Crippen LogP contribution in [0.15, 0.2) is 59.6 Å². The highest BCUT2D eigenvalue weighted by Gasteiger charge is 2.15. The van der Waals surface area contributed by atoms with Crippen molar-refractivity contribution in [3.05, 3.63) is 59.8 Å². The van der Waals surface area contributed by atoms with E-state index in [0.29, 0.717) is 5.02 Å². The van der Waals surface area contributed by atoms with Gasteiger partial charge in [0.25, 0.3) is 0 Å². The second-order valence-electron chi connectivity index (χ2n) is 6.15. The number of para-hydroxylation sites is 1. The van der Waals surface area contributed by atoms with Gasteiger partial charge in [-0.25, -0.2) is 0 Å². The third-order valence-corrected chi connectivity index (χ3v) is 5.26. The van der Waals surface area contributed by atoms with Crippen LogP contribution in [0, 0.1) is 0 Å². The highest BCUT2D eigenvalue weighted by atomic mass is 35.5. The predicted octanol–water partition coefficient (Wildman–Crippen LogP) is 4.11. The third-order valence-electron chi connectivity index (χ3n) is 4.23. The summed E-state index contributed by atoms with van der Waals surface area (Å²) >= 11 is 7.61. The van der Waals surface area contributed by atoms with Crippen LogP contribution in [0.25, 0.3) is 10.9 Å². The summed E-state index contributed by atoms with van der Waals surface area (Å²) in [6.45, 7) is 0.135. The van der Waals surface area contributed by atoms with Crippen LogP contribution in [-0.4, -0.2) is 41.1 Å². The van der Waals surface area contributed by atoms with Crippen molar-refractivity contribution in [3.63, 3.8) is 0 Å². The lowest BCUT2D eigenvalue weighted by Gasteiger charge is -2.18. The summed E-state index contributed by atoms with van der Waals surface area (Å²) in [4.78, 5) is 27.3. The summed E-state index contributed by atoms with van der Waals surface area (Å²) in [5.74, 6) is -0.381. The Morgan fingerprint density at radius 2 is 1.96 bits per heavy atom. The van der Waals surface area contributed by atoms with Gasteiger partial charge in [-0.05, 0) is 42.0 Å². The molecule has 0 unspecified atom stereocenters. The van der Waals surface area contributed by atoms with Gasteiger partial charge in [-0.1, -0.05) is 29.8 Å². The molecule has 5 nitrogen and oxygen atoms in total. The molecule has 0 radical (unpaired) electrons. The van der Waals surface area contributed by atoms with E-state index < -0.39 is 0 Å². The fraction of sp³-hybridized carbons (Fsp3) is 0.200. The van der Waals surface area contributed by atoms with E-state index >= 15 is 0 Å². The first-order chi connectivity index (χ1) is 13.0. The van der Waals surface area contributed by atoms with Crippen molar-refractivity contribution >= 4 is 51.8 Å². The zero-order valence-electron chi connectivity index (χ0n) is 15.1. The molecule has 140 valence electrons. The fourth-order valence-electron chi connectivity index (χ4n) is 2.80. The van der Waals surface area contributed by atoms with Crippen molar-refractivity contribution in [2.45, 2.75) is 11.4 Å². The predicted molar refractivity (Wildman–Crippen MR) is 111 cm³/mol. The number of nitrogens with zero attached hydrogens (tertiary/aromatic N) is 2. The lowest BCUT2D eigenvalue weighted by atomic mass is 10.2. The molecule has 3 aromatic rings. The van der Waals surface area contributed by atoms with Gasteiger partial charge in [0.05, 0.1) is 12.2 Å². The SMILES string of the molecule is CSc1ccccc1NC(=O)CN(C)C(=O)Cn1ccc2ccc(Cl)cc21. The van der Waals surface area contributed by atoms with Crippen molar-refractivity contribution in [1.29, 1.82) is 0 Å².